The molecule has 1 aliphatic rings. The molecule has 0 spiro atoms. The maximum Gasteiger partial charge on any atom is 0.256 e. The molecule has 27 heavy (non-hydrogen) atoms. The van der Waals surface area contributed by atoms with E-state index in [1.54, 1.807) is 6.92 Å². The number of amides is 2. The first-order chi connectivity index (χ1) is 12.8. The van der Waals surface area contributed by atoms with Gasteiger partial charge in [-0.15, -0.1) is 0 Å². The minimum absolute atomic E-state index is 0.386. The van der Waals surface area contributed by atoms with Crippen molar-refractivity contribution in [1.82, 2.24) is 5.32 Å². The van der Waals surface area contributed by atoms with Crippen LogP contribution in [0.25, 0.3) is 11.0 Å². The molecule has 146 valence electrons. The van der Waals surface area contributed by atoms with Gasteiger partial charge in [-0.05, 0) is 43.9 Å². The smallest absolute Gasteiger partial charge is 0.256 e. The maximum atomic E-state index is 12.8. The quantitative estimate of drug-likeness (QED) is 0.725. The maximum absolute atomic E-state index is 12.8. The van der Waals surface area contributed by atoms with E-state index < -0.39 is 24.0 Å². The Labute approximate surface area is 159 Å². The van der Waals surface area contributed by atoms with Gasteiger partial charge in [-0.1, -0.05) is 38.2 Å². The molecule has 1 heterocycles. The summed E-state index contributed by atoms with van der Waals surface area (Å²) < 4.78 is 5.73. The van der Waals surface area contributed by atoms with Crippen molar-refractivity contribution in [2.45, 2.75) is 57.9 Å². The standard InChI is InChI=1S/C21H28N2O4/c1-13-18(19(25)23-21(2,12-24)20(22)26)16-11-15(8-9-17(16)27-13)10-14-6-4-3-5-7-14/h8-9,11,14,24H,3-7,10,12H2,1-2H3,(H2,22,26)(H,23,25)/t21-/m0/s1. The van der Waals surface area contributed by atoms with E-state index in [2.05, 4.69) is 11.4 Å². The Kier molecular flexibility index (Phi) is 5.56. The fourth-order valence-electron chi connectivity index (χ4n) is 3.89. The van der Waals surface area contributed by atoms with Crippen LogP contribution in [0.15, 0.2) is 22.6 Å². The third-order valence-corrected chi connectivity index (χ3v) is 5.65. The first kappa shape index (κ1) is 19.4. The number of aliphatic hydroxyl groups excluding tert-OH is 1. The molecule has 0 radical (unpaired) electrons. The van der Waals surface area contributed by atoms with Crippen LogP contribution in [0.4, 0.5) is 0 Å². The molecule has 2 aromatic rings. The second-order valence-corrected chi connectivity index (χ2v) is 7.88. The van der Waals surface area contributed by atoms with E-state index in [1.807, 2.05) is 12.1 Å². The Morgan fingerprint density at radius 2 is 2.00 bits per heavy atom. The SMILES string of the molecule is Cc1oc2ccc(CC3CCCCC3)cc2c1C(=O)N[C@@](C)(CO)C(N)=O. The number of benzene rings is 1. The molecule has 6 nitrogen and oxygen atoms in total. The molecule has 0 saturated heterocycles. The fraction of sp³-hybridized carbons (Fsp3) is 0.524. The fourth-order valence-corrected chi connectivity index (χ4v) is 3.89. The summed E-state index contributed by atoms with van der Waals surface area (Å²) in [4.78, 5) is 24.4. The molecule has 4 N–H and O–H groups in total. The molecule has 1 aromatic heterocycles. The van der Waals surface area contributed by atoms with Crippen molar-refractivity contribution in [3.8, 4) is 0 Å². The number of hydrogen-bond donors (Lipinski definition) is 3. The second-order valence-electron chi connectivity index (χ2n) is 7.88. The van der Waals surface area contributed by atoms with Crippen LogP contribution in [0.2, 0.25) is 0 Å². The van der Waals surface area contributed by atoms with Gasteiger partial charge in [0.25, 0.3) is 5.91 Å². The lowest BCUT2D eigenvalue weighted by Gasteiger charge is -2.24. The van der Waals surface area contributed by atoms with Crippen LogP contribution in [0.3, 0.4) is 0 Å². The van der Waals surface area contributed by atoms with Gasteiger partial charge in [-0.3, -0.25) is 9.59 Å². The van der Waals surface area contributed by atoms with E-state index in [4.69, 9.17) is 10.2 Å². The first-order valence-corrected chi connectivity index (χ1v) is 9.59. The number of carbonyl (C=O) groups is 2. The minimum Gasteiger partial charge on any atom is -0.461 e. The number of carbonyl (C=O) groups excluding carboxylic acids is 2. The molecule has 1 aromatic carbocycles. The summed E-state index contributed by atoms with van der Waals surface area (Å²) in [5, 5.41) is 12.8. The minimum atomic E-state index is -1.52. The van der Waals surface area contributed by atoms with E-state index in [9.17, 15) is 14.7 Å². The second kappa shape index (κ2) is 7.72. The summed E-state index contributed by atoms with van der Waals surface area (Å²) in [6, 6.07) is 5.97. The highest BCUT2D eigenvalue weighted by atomic mass is 16.3. The Bertz CT molecular complexity index is 851. The number of nitrogens with one attached hydrogen (secondary N) is 1. The predicted octanol–water partition coefficient (Wildman–Crippen LogP) is 2.83. The van der Waals surface area contributed by atoms with Gasteiger partial charge in [0, 0.05) is 5.39 Å². The van der Waals surface area contributed by atoms with Gasteiger partial charge in [-0.2, -0.15) is 0 Å². The topological polar surface area (TPSA) is 106 Å². The Hall–Kier alpha value is -2.34. The molecular weight excluding hydrogens is 344 g/mol. The van der Waals surface area contributed by atoms with Crippen LogP contribution in [0.5, 0.6) is 0 Å². The number of aliphatic hydroxyl groups is 1. The number of rotatable bonds is 6. The van der Waals surface area contributed by atoms with Crippen molar-refractivity contribution < 1.29 is 19.1 Å². The molecule has 1 atom stereocenters. The van der Waals surface area contributed by atoms with E-state index in [0.717, 1.165) is 11.8 Å². The summed E-state index contributed by atoms with van der Waals surface area (Å²) in [7, 11) is 0. The zero-order valence-electron chi connectivity index (χ0n) is 16.0. The van der Waals surface area contributed by atoms with E-state index >= 15 is 0 Å². The number of furan rings is 1. The number of fused-ring (bicyclic) bond motifs is 1. The Morgan fingerprint density at radius 1 is 1.30 bits per heavy atom. The van der Waals surface area contributed by atoms with Gasteiger partial charge in [0.2, 0.25) is 5.91 Å². The van der Waals surface area contributed by atoms with Crippen LogP contribution in [-0.2, 0) is 11.2 Å². The average Bonchev–Trinajstić information content (AvgIpc) is 2.97. The normalized spacial score (nSPS) is 17.6. The van der Waals surface area contributed by atoms with Crippen LogP contribution in [0, 0.1) is 12.8 Å². The van der Waals surface area contributed by atoms with Crippen LogP contribution in [0.1, 0.15) is 60.7 Å². The zero-order valence-corrected chi connectivity index (χ0v) is 16.0. The zero-order chi connectivity index (χ0) is 19.6. The van der Waals surface area contributed by atoms with Crippen molar-refractivity contribution in [3.63, 3.8) is 0 Å². The summed E-state index contributed by atoms with van der Waals surface area (Å²) in [6.45, 7) is 2.55. The lowest BCUT2D eigenvalue weighted by Crippen LogP contribution is -2.57. The first-order valence-electron chi connectivity index (χ1n) is 9.59. The number of primary amides is 1. The van der Waals surface area contributed by atoms with Crippen molar-refractivity contribution in [1.29, 1.82) is 0 Å². The van der Waals surface area contributed by atoms with Crippen LogP contribution >= 0.6 is 0 Å². The molecular formula is C21H28N2O4. The molecule has 6 heteroatoms. The van der Waals surface area contributed by atoms with Crippen molar-refractivity contribution in [3.05, 3.63) is 35.1 Å². The lowest BCUT2D eigenvalue weighted by molar-refractivity contribution is -0.124. The largest absolute Gasteiger partial charge is 0.461 e. The third kappa shape index (κ3) is 4.00. The van der Waals surface area contributed by atoms with Crippen molar-refractivity contribution in [2.75, 3.05) is 6.61 Å². The number of aryl methyl sites for hydroxylation is 1. The highest BCUT2D eigenvalue weighted by molar-refractivity contribution is 6.09. The predicted molar refractivity (Wildman–Crippen MR) is 103 cm³/mol. The van der Waals surface area contributed by atoms with Crippen LogP contribution in [-0.4, -0.2) is 29.1 Å². The van der Waals surface area contributed by atoms with Gasteiger partial charge in [-0.25, -0.2) is 0 Å². The highest BCUT2D eigenvalue weighted by Crippen LogP contribution is 2.31. The molecule has 0 aliphatic heterocycles. The molecule has 1 saturated carbocycles. The summed E-state index contributed by atoms with van der Waals surface area (Å²) >= 11 is 0. The number of hydrogen-bond acceptors (Lipinski definition) is 4. The third-order valence-electron chi connectivity index (χ3n) is 5.65. The molecule has 3 rings (SSSR count). The molecule has 2 amide bonds. The monoisotopic (exact) mass is 372 g/mol. The van der Waals surface area contributed by atoms with Crippen molar-refractivity contribution in [2.24, 2.45) is 11.7 Å². The lowest BCUT2D eigenvalue weighted by atomic mass is 9.84. The van der Waals surface area contributed by atoms with Gasteiger partial charge in [0.05, 0.1) is 12.2 Å². The van der Waals surface area contributed by atoms with Gasteiger partial charge in [0.1, 0.15) is 16.9 Å². The molecule has 1 fully saturated rings. The summed E-state index contributed by atoms with van der Waals surface area (Å²) in [5.74, 6) is -0.102. The molecule has 0 unspecified atom stereocenters. The van der Waals surface area contributed by atoms with E-state index in [0.29, 0.717) is 22.8 Å². The Morgan fingerprint density at radius 3 is 2.63 bits per heavy atom. The van der Waals surface area contributed by atoms with Gasteiger partial charge in [0.15, 0.2) is 0 Å². The molecule has 0 bridgehead atoms. The summed E-state index contributed by atoms with van der Waals surface area (Å²) in [5.41, 5.74) is 6.01. The Balaban J connectivity index is 1.90. The highest BCUT2D eigenvalue weighted by Gasteiger charge is 2.34. The number of nitrogens with two attached hydrogens (primary N) is 1. The van der Waals surface area contributed by atoms with E-state index in [1.165, 1.54) is 44.6 Å². The van der Waals surface area contributed by atoms with Gasteiger partial charge < -0.3 is 20.6 Å². The van der Waals surface area contributed by atoms with E-state index in [-0.39, 0.29) is 0 Å². The van der Waals surface area contributed by atoms with Crippen LogP contribution < -0.4 is 11.1 Å². The van der Waals surface area contributed by atoms with Gasteiger partial charge >= 0.3 is 0 Å². The van der Waals surface area contributed by atoms with Crippen molar-refractivity contribution >= 4 is 22.8 Å². The summed E-state index contributed by atoms with van der Waals surface area (Å²) in [6.07, 6.45) is 7.41. The molecule has 1 aliphatic carbocycles. The average molecular weight is 372 g/mol.